The van der Waals surface area contributed by atoms with Crippen molar-refractivity contribution in [2.24, 2.45) is 22.7 Å². The molecule has 2 aliphatic carbocycles. The Morgan fingerprint density at radius 2 is 1.06 bits per heavy atom. The number of amides is 2. The molecule has 2 fully saturated rings. The number of allylic oxidation sites excluding steroid dienone is 2. The van der Waals surface area contributed by atoms with E-state index in [0.717, 1.165) is 27.8 Å². The van der Waals surface area contributed by atoms with Crippen LogP contribution in [0.3, 0.4) is 0 Å². The Morgan fingerprint density at radius 1 is 0.639 bits per heavy atom. The van der Waals surface area contributed by atoms with E-state index in [2.05, 4.69) is 0 Å². The van der Waals surface area contributed by atoms with Gasteiger partial charge in [0.15, 0.2) is 5.78 Å². The Kier molecular flexibility index (Phi) is 4.95. The molecule has 3 aromatic rings. The topological polar surface area (TPSA) is 54.5 Å². The Morgan fingerprint density at radius 3 is 1.44 bits per heavy atom. The molecule has 1 aliphatic heterocycles. The van der Waals surface area contributed by atoms with Crippen LogP contribution in [-0.4, -0.2) is 17.6 Å². The number of imide groups is 1. The predicted octanol–water partition coefficient (Wildman–Crippen LogP) is 6.10. The van der Waals surface area contributed by atoms with Gasteiger partial charge in [-0.3, -0.25) is 14.4 Å². The summed E-state index contributed by atoms with van der Waals surface area (Å²) >= 11 is 0. The molecule has 4 atom stereocenters. The third kappa shape index (κ3) is 2.57. The van der Waals surface area contributed by atoms with Crippen molar-refractivity contribution in [2.75, 3.05) is 4.90 Å². The average molecular weight is 476 g/mol. The summed E-state index contributed by atoms with van der Waals surface area (Å²) in [7, 11) is 0. The maximum atomic E-state index is 14.7. The molecule has 6 rings (SSSR count). The molecule has 0 radical (unpaired) electrons. The summed E-state index contributed by atoms with van der Waals surface area (Å²) in [4.78, 5) is 44.4. The number of carbonyl (C=O) groups is 3. The standard InChI is InChI=1S/C32H29NO3/c1-4-31-24(21-12-8-6-9-13-21)25(22-14-10-7-11-15-22)32(5-2,30(31)36)27-26(31)28(34)33(29(27)35)23-18-16-20(3)17-19-23/h6-19,26-27H,4-5H2,1-3H3/t26-,27+,31+,32-. The van der Waals surface area contributed by atoms with E-state index >= 15 is 0 Å². The van der Waals surface area contributed by atoms with Crippen LogP contribution >= 0.6 is 0 Å². The van der Waals surface area contributed by atoms with E-state index in [4.69, 9.17) is 0 Å². The first-order chi connectivity index (χ1) is 17.4. The number of ketones is 1. The van der Waals surface area contributed by atoms with Gasteiger partial charge >= 0.3 is 0 Å². The van der Waals surface area contributed by atoms with Crippen molar-refractivity contribution < 1.29 is 14.4 Å². The van der Waals surface area contributed by atoms with Gasteiger partial charge in [-0.25, -0.2) is 4.90 Å². The molecule has 2 bridgehead atoms. The van der Waals surface area contributed by atoms with Crippen LogP contribution in [0.1, 0.15) is 43.4 Å². The van der Waals surface area contributed by atoms with Gasteiger partial charge in [-0.05, 0) is 54.2 Å². The van der Waals surface area contributed by atoms with Gasteiger partial charge in [-0.2, -0.15) is 0 Å². The third-order valence-corrected chi connectivity index (χ3v) is 8.85. The average Bonchev–Trinajstić information content (AvgIpc) is 3.41. The van der Waals surface area contributed by atoms with Gasteiger partial charge in [0, 0.05) is 0 Å². The largest absolute Gasteiger partial charge is 0.298 e. The normalized spacial score (nSPS) is 28.9. The summed E-state index contributed by atoms with van der Waals surface area (Å²) in [6.45, 7) is 5.96. The second kappa shape index (κ2) is 7.86. The zero-order valence-corrected chi connectivity index (χ0v) is 20.8. The first-order valence-corrected chi connectivity index (χ1v) is 12.8. The van der Waals surface area contributed by atoms with Crippen molar-refractivity contribution in [2.45, 2.75) is 33.6 Å². The predicted molar refractivity (Wildman–Crippen MR) is 141 cm³/mol. The molecular formula is C32H29NO3. The van der Waals surface area contributed by atoms with Crippen molar-refractivity contribution in [3.63, 3.8) is 0 Å². The number of anilines is 1. The van der Waals surface area contributed by atoms with Gasteiger partial charge in [0.2, 0.25) is 11.8 Å². The maximum absolute atomic E-state index is 14.7. The monoisotopic (exact) mass is 475 g/mol. The van der Waals surface area contributed by atoms with E-state index in [-0.39, 0.29) is 17.6 Å². The Balaban J connectivity index is 1.67. The van der Waals surface area contributed by atoms with Crippen molar-refractivity contribution in [3.8, 4) is 0 Å². The van der Waals surface area contributed by atoms with Gasteiger partial charge in [0.1, 0.15) is 0 Å². The number of aryl methyl sites for hydroxylation is 1. The number of fused-ring (bicyclic) bond motifs is 5. The third-order valence-electron chi connectivity index (χ3n) is 8.85. The fraction of sp³-hybridized carbons (Fsp3) is 0.281. The number of rotatable bonds is 5. The molecule has 0 unspecified atom stereocenters. The summed E-state index contributed by atoms with van der Waals surface area (Å²) in [5.74, 6) is -1.87. The molecule has 36 heavy (non-hydrogen) atoms. The lowest BCUT2D eigenvalue weighted by atomic mass is 9.60. The van der Waals surface area contributed by atoms with Crippen LogP contribution in [0.4, 0.5) is 5.69 Å². The van der Waals surface area contributed by atoms with Crippen LogP contribution in [0.15, 0.2) is 84.9 Å². The van der Waals surface area contributed by atoms with Gasteiger partial charge < -0.3 is 0 Å². The highest BCUT2D eigenvalue weighted by Crippen LogP contribution is 2.75. The molecule has 4 nitrogen and oxygen atoms in total. The minimum atomic E-state index is -1.04. The number of carbonyl (C=O) groups excluding carboxylic acids is 3. The van der Waals surface area contributed by atoms with Gasteiger partial charge in [-0.1, -0.05) is 92.2 Å². The molecule has 0 N–H and O–H groups in total. The Labute approximate surface area is 211 Å². The number of hydrogen-bond donors (Lipinski definition) is 0. The molecule has 2 amide bonds. The molecule has 3 aromatic carbocycles. The van der Waals surface area contributed by atoms with Crippen molar-refractivity contribution >= 4 is 34.4 Å². The van der Waals surface area contributed by atoms with E-state index in [1.165, 1.54) is 4.90 Å². The molecule has 180 valence electrons. The van der Waals surface area contributed by atoms with E-state index in [1.807, 2.05) is 106 Å². The second-order valence-electron chi connectivity index (χ2n) is 10.3. The zero-order valence-electron chi connectivity index (χ0n) is 20.8. The fourth-order valence-corrected chi connectivity index (χ4v) is 7.40. The summed E-state index contributed by atoms with van der Waals surface area (Å²) < 4.78 is 0. The smallest absolute Gasteiger partial charge is 0.239 e. The SMILES string of the molecule is CC[C@@]12C(=O)[C@@](CC)(C(c3ccccc3)=C1c1ccccc1)[C@H]1C(=O)N(c3ccc(C)cc3)C(=O)[C@H]12. The van der Waals surface area contributed by atoms with Crippen molar-refractivity contribution in [1.82, 2.24) is 0 Å². The van der Waals surface area contributed by atoms with Crippen molar-refractivity contribution in [1.29, 1.82) is 0 Å². The molecule has 1 saturated heterocycles. The van der Waals surface area contributed by atoms with Gasteiger partial charge in [0.05, 0.1) is 28.4 Å². The van der Waals surface area contributed by atoms with E-state index in [1.54, 1.807) is 0 Å². The van der Waals surface area contributed by atoms with E-state index in [9.17, 15) is 14.4 Å². The van der Waals surface area contributed by atoms with Crippen LogP contribution < -0.4 is 4.90 Å². The summed E-state index contributed by atoms with van der Waals surface area (Å²) in [6.07, 6.45) is 0.937. The number of Topliss-reactive ketones (excluding diaryl/α,β-unsaturated/α-hetero) is 1. The highest BCUT2D eigenvalue weighted by atomic mass is 16.2. The van der Waals surface area contributed by atoms with Crippen LogP contribution in [0.25, 0.3) is 11.1 Å². The van der Waals surface area contributed by atoms with Crippen LogP contribution in [-0.2, 0) is 14.4 Å². The molecule has 0 spiro atoms. The lowest BCUT2D eigenvalue weighted by Gasteiger charge is -2.38. The van der Waals surface area contributed by atoms with Crippen LogP contribution in [0.5, 0.6) is 0 Å². The molecule has 1 heterocycles. The zero-order chi connectivity index (χ0) is 25.2. The van der Waals surface area contributed by atoms with Gasteiger partial charge in [-0.15, -0.1) is 0 Å². The van der Waals surface area contributed by atoms with Crippen molar-refractivity contribution in [3.05, 3.63) is 102 Å². The quantitative estimate of drug-likeness (QED) is 0.419. The minimum absolute atomic E-state index is 0.0398. The van der Waals surface area contributed by atoms with Crippen LogP contribution in [0, 0.1) is 29.6 Å². The lowest BCUT2D eigenvalue weighted by molar-refractivity contribution is -0.134. The fourth-order valence-electron chi connectivity index (χ4n) is 7.40. The Bertz CT molecular complexity index is 1340. The molecule has 0 aromatic heterocycles. The highest BCUT2D eigenvalue weighted by molar-refractivity contribution is 6.34. The second-order valence-corrected chi connectivity index (χ2v) is 10.3. The molecule has 4 heteroatoms. The number of hydrogen-bond acceptors (Lipinski definition) is 3. The highest BCUT2D eigenvalue weighted by Gasteiger charge is 2.80. The summed E-state index contributed by atoms with van der Waals surface area (Å²) in [6, 6.07) is 27.4. The molecule has 1 saturated carbocycles. The summed E-state index contributed by atoms with van der Waals surface area (Å²) in [5.41, 5.74) is 3.32. The van der Waals surface area contributed by atoms with Gasteiger partial charge in [0.25, 0.3) is 0 Å². The number of nitrogens with zero attached hydrogens (tertiary/aromatic N) is 1. The summed E-state index contributed by atoms with van der Waals surface area (Å²) in [5, 5.41) is 0. The van der Waals surface area contributed by atoms with E-state index < -0.39 is 22.7 Å². The lowest BCUT2D eigenvalue weighted by Crippen LogP contribution is -2.41. The minimum Gasteiger partial charge on any atom is -0.298 e. The number of benzene rings is 3. The molecular weight excluding hydrogens is 446 g/mol. The maximum Gasteiger partial charge on any atom is 0.239 e. The molecule has 3 aliphatic rings. The van der Waals surface area contributed by atoms with E-state index in [0.29, 0.717) is 18.5 Å². The first-order valence-electron chi connectivity index (χ1n) is 12.8. The van der Waals surface area contributed by atoms with Crippen LogP contribution in [0.2, 0.25) is 0 Å². The Hall–Kier alpha value is -3.79. The first kappa shape index (κ1) is 22.7.